The highest BCUT2D eigenvalue weighted by atomic mass is 15.2. The van der Waals surface area contributed by atoms with Gasteiger partial charge in [0.1, 0.15) is 0 Å². The number of hydrogen-bond donors (Lipinski definition) is 2. The molecule has 0 radical (unpaired) electrons. The molecule has 1 rings (SSSR count). The van der Waals surface area contributed by atoms with E-state index in [1.54, 1.807) is 0 Å². The number of rotatable bonds is 6. The predicted octanol–water partition coefficient (Wildman–Crippen LogP) is 3.63. The highest BCUT2D eigenvalue weighted by molar-refractivity contribution is 5.31. The van der Waals surface area contributed by atoms with E-state index in [4.69, 9.17) is 5.84 Å². The van der Waals surface area contributed by atoms with Gasteiger partial charge >= 0.3 is 0 Å². The first-order valence-electron chi connectivity index (χ1n) is 6.61. The van der Waals surface area contributed by atoms with Crippen LogP contribution in [0.15, 0.2) is 18.2 Å². The summed E-state index contributed by atoms with van der Waals surface area (Å²) in [5, 5.41) is 0. The number of hydrogen-bond acceptors (Lipinski definition) is 2. The second kappa shape index (κ2) is 6.77. The highest BCUT2D eigenvalue weighted by Crippen LogP contribution is 2.24. The van der Waals surface area contributed by atoms with Crippen molar-refractivity contribution < 1.29 is 0 Å². The van der Waals surface area contributed by atoms with Crippen LogP contribution in [-0.4, -0.2) is 0 Å². The molecule has 0 bridgehead atoms. The van der Waals surface area contributed by atoms with Crippen molar-refractivity contribution in [2.75, 3.05) is 0 Å². The first-order valence-corrected chi connectivity index (χ1v) is 6.61. The van der Waals surface area contributed by atoms with E-state index in [1.165, 1.54) is 29.5 Å². The van der Waals surface area contributed by atoms with Gasteiger partial charge in [-0.3, -0.25) is 11.3 Å². The van der Waals surface area contributed by atoms with Crippen molar-refractivity contribution in [3.05, 3.63) is 34.9 Å². The van der Waals surface area contributed by atoms with Gasteiger partial charge in [-0.05, 0) is 42.9 Å². The largest absolute Gasteiger partial charge is 0.271 e. The number of aryl methyl sites for hydroxylation is 2. The zero-order valence-corrected chi connectivity index (χ0v) is 11.6. The number of nitrogens with one attached hydrogen (secondary N) is 1. The molecule has 2 unspecified atom stereocenters. The summed E-state index contributed by atoms with van der Waals surface area (Å²) in [5.74, 6) is 6.40. The van der Waals surface area contributed by atoms with Crippen LogP contribution in [0.4, 0.5) is 0 Å². The van der Waals surface area contributed by atoms with Crippen LogP contribution < -0.4 is 11.3 Å². The Morgan fingerprint density at radius 3 is 2.47 bits per heavy atom. The van der Waals surface area contributed by atoms with Gasteiger partial charge in [0.25, 0.3) is 0 Å². The maximum Gasteiger partial charge on any atom is 0.0462 e. The van der Waals surface area contributed by atoms with Crippen LogP contribution in [-0.2, 0) is 0 Å². The maximum atomic E-state index is 5.69. The molecule has 0 aliphatic carbocycles. The summed E-state index contributed by atoms with van der Waals surface area (Å²) in [6.45, 7) is 8.83. The molecule has 2 atom stereocenters. The minimum absolute atomic E-state index is 0.274. The Labute approximate surface area is 106 Å². The normalized spacial score (nSPS) is 14.6. The van der Waals surface area contributed by atoms with Gasteiger partial charge in [-0.2, -0.15) is 0 Å². The third-order valence-electron chi connectivity index (χ3n) is 3.55. The molecule has 2 nitrogen and oxygen atoms in total. The second-order valence-electron chi connectivity index (χ2n) is 5.19. The molecule has 0 amide bonds. The van der Waals surface area contributed by atoms with Gasteiger partial charge in [-0.25, -0.2) is 0 Å². The Bertz CT molecular complexity index is 347. The van der Waals surface area contributed by atoms with E-state index in [2.05, 4.69) is 51.3 Å². The van der Waals surface area contributed by atoms with E-state index in [-0.39, 0.29) is 6.04 Å². The molecule has 0 spiro atoms. The Kier molecular flexibility index (Phi) is 5.66. The van der Waals surface area contributed by atoms with Crippen molar-refractivity contribution >= 4 is 0 Å². The van der Waals surface area contributed by atoms with Crippen LogP contribution in [0.2, 0.25) is 0 Å². The molecule has 0 saturated carbocycles. The molecule has 0 heterocycles. The van der Waals surface area contributed by atoms with E-state index in [9.17, 15) is 0 Å². The van der Waals surface area contributed by atoms with E-state index >= 15 is 0 Å². The molecule has 1 aromatic carbocycles. The van der Waals surface area contributed by atoms with Gasteiger partial charge in [0.2, 0.25) is 0 Å². The van der Waals surface area contributed by atoms with Crippen molar-refractivity contribution in [3.63, 3.8) is 0 Å². The predicted molar refractivity (Wildman–Crippen MR) is 74.7 cm³/mol. The van der Waals surface area contributed by atoms with Gasteiger partial charge in [0.05, 0.1) is 0 Å². The van der Waals surface area contributed by atoms with Crippen molar-refractivity contribution in [2.24, 2.45) is 11.8 Å². The van der Waals surface area contributed by atoms with E-state index < -0.39 is 0 Å². The van der Waals surface area contributed by atoms with Crippen LogP contribution in [0.25, 0.3) is 0 Å². The maximum absolute atomic E-state index is 5.69. The molecular formula is C15H26N2. The summed E-state index contributed by atoms with van der Waals surface area (Å²) in [5.41, 5.74) is 6.94. The monoisotopic (exact) mass is 234 g/mol. The smallest absolute Gasteiger partial charge is 0.0462 e. The minimum atomic E-state index is 0.274. The van der Waals surface area contributed by atoms with Crippen LogP contribution in [0, 0.1) is 19.8 Å². The molecule has 3 N–H and O–H groups in total. The average molecular weight is 234 g/mol. The third-order valence-corrected chi connectivity index (χ3v) is 3.55. The lowest BCUT2D eigenvalue weighted by Gasteiger charge is -2.21. The summed E-state index contributed by atoms with van der Waals surface area (Å²) in [6.07, 6.45) is 3.61. The SMILES string of the molecule is CCCC(C)CC(NN)c1ccc(C)c(C)c1. The molecular weight excluding hydrogens is 208 g/mol. The summed E-state index contributed by atoms with van der Waals surface area (Å²) in [6, 6.07) is 6.89. The van der Waals surface area contributed by atoms with Gasteiger partial charge in [0, 0.05) is 6.04 Å². The van der Waals surface area contributed by atoms with Crippen molar-refractivity contribution in [1.29, 1.82) is 0 Å². The summed E-state index contributed by atoms with van der Waals surface area (Å²) in [7, 11) is 0. The lowest BCUT2D eigenvalue weighted by atomic mass is 9.92. The second-order valence-corrected chi connectivity index (χ2v) is 5.19. The van der Waals surface area contributed by atoms with Crippen molar-refractivity contribution in [1.82, 2.24) is 5.43 Å². The average Bonchev–Trinajstić information content (AvgIpc) is 2.30. The fourth-order valence-corrected chi connectivity index (χ4v) is 2.29. The third kappa shape index (κ3) is 4.14. The number of hydrazine groups is 1. The Balaban J connectivity index is 2.75. The van der Waals surface area contributed by atoms with Gasteiger partial charge in [-0.15, -0.1) is 0 Å². The molecule has 0 aromatic heterocycles. The van der Waals surface area contributed by atoms with Crippen molar-refractivity contribution in [2.45, 2.75) is 53.0 Å². The summed E-state index contributed by atoms with van der Waals surface area (Å²) in [4.78, 5) is 0. The molecule has 17 heavy (non-hydrogen) atoms. The Hall–Kier alpha value is -0.860. The van der Waals surface area contributed by atoms with Gasteiger partial charge in [-0.1, -0.05) is 44.9 Å². The van der Waals surface area contributed by atoms with Gasteiger partial charge in [0.15, 0.2) is 0 Å². The number of benzene rings is 1. The lowest BCUT2D eigenvalue weighted by Crippen LogP contribution is -2.29. The molecule has 0 aliphatic rings. The van der Waals surface area contributed by atoms with Crippen molar-refractivity contribution in [3.8, 4) is 0 Å². The van der Waals surface area contributed by atoms with E-state index in [1.807, 2.05) is 0 Å². The first kappa shape index (κ1) is 14.2. The fraction of sp³-hybridized carbons (Fsp3) is 0.600. The first-order chi connectivity index (χ1) is 8.08. The van der Waals surface area contributed by atoms with Gasteiger partial charge < -0.3 is 0 Å². The number of nitrogens with two attached hydrogens (primary N) is 1. The van der Waals surface area contributed by atoms with E-state index in [0.717, 1.165) is 6.42 Å². The Morgan fingerprint density at radius 2 is 1.94 bits per heavy atom. The highest BCUT2D eigenvalue weighted by Gasteiger charge is 2.13. The molecule has 0 fully saturated rings. The molecule has 96 valence electrons. The van der Waals surface area contributed by atoms with Crippen LogP contribution in [0.5, 0.6) is 0 Å². The Morgan fingerprint density at radius 1 is 1.24 bits per heavy atom. The molecule has 1 aromatic rings. The quantitative estimate of drug-likeness (QED) is 0.582. The van der Waals surface area contributed by atoms with Crippen LogP contribution >= 0.6 is 0 Å². The standard InChI is InChI=1S/C15H26N2/c1-5-6-11(2)9-15(17-16)14-8-7-12(3)13(4)10-14/h7-8,10-11,15,17H,5-6,9,16H2,1-4H3. The van der Waals surface area contributed by atoms with Crippen LogP contribution in [0.1, 0.15) is 55.8 Å². The molecule has 2 heteroatoms. The van der Waals surface area contributed by atoms with E-state index in [0.29, 0.717) is 5.92 Å². The zero-order chi connectivity index (χ0) is 12.8. The topological polar surface area (TPSA) is 38.0 Å². The minimum Gasteiger partial charge on any atom is -0.271 e. The molecule has 0 saturated heterocycles. The summed E-state index contributed by atoms with van der Waals surface area (Å²) < 4.78 is 0. The lowest BCUT2D eigenvalue weighted by molar-refractivity contribution is 0.394. The summed E-state index contributed by atoms with van der Waals surface area (Å²) >= 11 is 0. The molecule has 0 aliphatic heterocycles. The van der Waals surface area contributed by atoms with Crippen LogP contribution in [0.3, 0.4) is 0 Å². The fourth-order valence-electron chi connectivity index (χ4n) is 2.29. The zero-order valence-electron chi connectivity index (χ0n) is 11.6.